The number of hydrogen-bond acceptors (Lipinski definition) is 2. The molecule has 0 N–H and O–H groups in total. The van der Waals surface area contributed by atoms with Crippen molar-refractivity contribution in [1.82, 2.24) is 0 Å². The number of rotatable bonds is 12. The SMILES string of the molecule is CCCCCc1ccc(Sc2cc(Cl)c(CCCC[S+]([O-])CC)c(Cl)c2)cc1. The molecule has 0 spiro atoms. The zero-order valence-electron chi connectivity index (χ0n) is 16.8. The monoisotopic (exact) mass is 456 g/mol. The van der Waals surface area contributed by atoms with Gasteiger partial charge in [-0.15, -0.1) is 0 Å². The first-order valence-corrected chi connectivity index (χ1v) is 13.2. The third-order valence-corrected chi connectivity index (χ3v) is 7.76. The minimum Gasteiger partial charge on any atom is -0.616 e. The van der Waals surface area contributed by atoms with Crippen molar-refractivity contribution >= 4 is 46.1 Å². The zero-order chi connectivity index (χ0) is 20.4. The van der Waals surface area contributed by atoms with Gasteiger partial charge in [0.15, 0.2) is 0 Å². The number of halogens is 2. The van der Waals surface area contributed by atoms with Crippen molar-refractivity contribution in [1.29, 1.82) is 0 Å². The van der Waals surface area contributed by atoms with Crippen molar-refractivity contribution in [3.05, 3.63) is 57.6 Å². The summed E-state index contributed by atoms with van der Waals surface area (Å²) in [7, 11) is 0. The van der Waals surface area contributed by atoms with Crippen LogP contribution in [-0.2, 0) is 24.0 Å². The predicted molar refractivity (Wildman–Crippen MR) is 127 cm³/mol. The van der Waals surface area contributed by atoms with E-state index in [-0.39, 0.29) is 0 Å². The molecule has 0 aliphatic rings. The largest absolute Gasteiger partial charge is 0.616 e. The molecular formula is C23H30Cl2OS2. The maximum Gasteiger partial charge on any atom is 0.105 e. The van der Waals surface area contributed by atoms with Gasteiger partial charge in [0.1, 0.15) is 11.5 Å². The first kappa shape index (κ1) is 24.0. The smallest absolute Gasteiger partial charge is 0.105 e. The molecule has 0 aromatic heterocycles. The molecule has 1 unspecified atom stereocenters. The lowest BCUT2D eigenvalue weighted by molar-refractivity contribution is 0.591. The third kappa shape index (κ3) is 8.20. The quantitative estimate of drug-likeness (QED) is 0.238. The van der Waals surface area contributed by atoms with Crippen LogP contribution in [0.25, 0.3) is 0 Å². The van der Waals surface area contributed by atoms with Crippen LogP contribution in [0.1, 0.15) is 57.1 Å². The van der Waals surface area contributed by atoms with E-state index in [0.29, 0.717) is 0 Å². The molecule has 0 heterocycles. The van der Waals surface area contributed by atoms with Crippen LogP contribution < -0.4 is 0 Å². The number of hydrogen-bond donors (Lipinski definition) is 0. The van der Waals surface area contributed by atoms with E-state index in [1.165, 1.54) is 29.7 Å². The average Bonchev–Trinajstić information content (AvgIpc) is 2.68. The summed E-state index contributed by atoms with van der Waals surface area (Å²) in [6, 6.07) is 12.8. The Morgan fingerprint density at radius 1 is 0.857 bits per heavy atom. The summed E-state index contributed by atoms with van der Waals surface area (Å²) in [5, 5.41) is 1.45. The molecule has 1 atom stereocenters. The van der Waals surface area contributed by atoms with Crippen molar-refractivity contribution in [2.24, 2.45) is 0 Å². The maximum absolute atomic E-state index is 11.5. The van der Waals surface area contributed by atoms with Gasteiger partial charge in [-0.2, -0.15) is 0 Å². The van der Waals surface area contributed by atoms with Gasteiger partial charge in [-0.1, -0.05) is 78.0 Å². The fourth-order valence-corrected chi connectivity index (χ4v) is 5.54. The molecule has 0 aliphatic carbocycles. The minimum absolute atomic E-state index is 0.696. The molecule has 0 aliphatic heterocycles. The summed E-state index contributed by atoms with van der Waals surface area (Å²) in [4.78, 5) is 2.26. The van der Waals surface area contributed by atoms with Crippen LogP contribution in [0.5, 0.6) is 0 Å². The summed E-state index contributed by atoms with van der Waals surface area (Å²) >= 11 is 14.0. The van der Waals surface area contributed by atoms with Gasteiger partial charge in [-0.25, -0.2) is 0 Å². The Labute approximate surface area is 187 Å². The Morgan fingerprint density at radius 3 is 2.11 bits per heavy atom. The van der Waals surface area contributed by atoms with Crippen LogP contribution in [0.2, 0.25) is 10.0 Å². The van der Waals surface area contributed by atoms with Crippen molar-refractivity contribution in [3.8, 4) is 0 Å². The molecule has 2 rings (SSSR count). The highest BCUT2D eigenvalue weighted by Gasteiger charge is 2.10. The highest BCUT2D eigenvalue weighted by Crippen LogP contribution is 2.35. The zero-order valence-corrected chi connectivity index (χ0v) is 20.0. The summed E-state index contributed by atoms with van der Waals surface area (Å²) in [6.45, 7) is 4.19. The Balaban J connectivity index is 1.92. The molecule has 0 saturated carbocycles. The molecule has 0 amide bonds. The molecule has 5 heteroatoms. The molecule has 0 bridgehead atoms. The molecule has 1 nitrogen and oxygen atoms in total. The molecule has 0 saturated heterocycles. The maximum atomic E-state index is 11.5. The van der Waals surface area contributed by atoms with Gasteiger partial charge in [0.2, 0.25) is 0 Å². The van der Waals surface area contributed by atoms with E-state index in [9.17, 15) is 4.55 Å². The standard InChI is InChI=1S/C23H30Cl2OS2/c1-3-5-6-9-18-11-13-19(14-12-18)27-20-16-22(24)21(23(25)17-20)10-7-8-15-28(26)4-2/h11-14,16-17H,3-10,15H2,1-2H3. The number of unbranched alkanes of at least 4 members (excludes halogenated alkanes) is 3. The molecule has 0 radical (unpaired) electrons. The Bertz CT molecular complexity index is 696. The van der Waals surface area contributed by atoms with Gasteiger partial charge in [0, 0.05) is 19.8 Å². The van der Waals surface area contributed by atoms with Gasteiger partial charge in [-0.3, -0.25) is 0 Å². The normalized spacial score (nSPS) is 12.3. The summed E-state index contributed by atoms with van der Waals surface area (Å²) < 4.78 is 11.5. The third-order valence-electron chi connectivity index (χ3n) is 4.71. The van der Waals surface area contributed by atoms with E-state index < -0.39 is 11.2 Å². The van der Waals surface area contributed by atoms with E-state index in [1.54, 1.807) is 11.8 Å². The van der Waals surface area contributed by atoms with E-state index >= 15 is 0 Å². The van der Waals surface area contributed by atoms with Crippen molar-refractivity contribution < 1.29 is 4.55 Å². The van der Waals surface area contributed by atoms with Crippen LogP contribution in [-0.4, -0.2) is 16.1 Å². The van der Waals surface area contributed by atoms with E-state index in [4.69, 9.17) is 23.2 Å². The first-order chi connectivity index (χ1) is 13.5. The molecule has 2 aromatic rings. The highest BCUT2D eigenvalue weighted by molar-refractivity contribution is 7.99. The van der Waals surface area contributed by atoms with Crippen LogP contribution in [0.3, 0.4) is 0 Å². The first-order valence-electron chi connectivity index (χ1n) is 10.1. The van der Waals surface area contributed by atoms with Crippen LogP contribution in [0, 0.1) is 0 Å². The Morgan fingerprint density at radius 2 is 1.50 bits per heavy atom. The van der Waals surface area contributed by atoms with Gasteiger partial charge < -0.3 is 4.55 Å². The van der Waals surface area contributed by atoms with E-state index in [2.05, 4.69) is 31.2 Å². The topological polar surface area (TPSA) is 23.1 Å². The summed E-state index contributed by atoms with van der Waals surface area (Å²) in [6.07, 6.45) is 7.67. The number of benzene rings is 2. The Hall–Kier alpha value is -0.320. The number of aryl methyl sites for hydroxylation is 1. The molecule has 0 fully saturated rings. The molecule has 154 valence electrons. The Kier molecular flexibility index (Phi) is 11.2. The van der Waals surface area contributed by atoms with Crippen LogP contribution in [0.4, 0.5) is 0 Å². The van der Waals surface area contributed by atoms with Crippen molar-refractivity contribution in [2.45, 2.75) is 68.6 Å². The fourth-order valence-electron chi connectivity index (χ4n) is 3.03. The molecule has 2 aromatic carbocycles. The van der Waals surface area contributed by atoms with E-state index in [0.717, 1.165) is 57.7 Å². The highest BCUT2D eigenvalue weighted by atomic mass is 35.5. The van der Waals surface area contributed by atoms with Crippen molar-refractivity contribution in [3.63, 3.8) is 0 Å². The van der Waals surface area contributed by atoms with Crippen LogP contribution >= 0.6 is 35.0 Å². The van der Waals surface area contributed by atoms with Crippen molar-refractivity contribution in [2.75, 3.05) is 11.5 Å². The lowest BCUT2D eigenvalue weighted by Crippen LogP contribution is -2.08. The predicted octanol–water partition coefficient (Wildman–Crippen LogP) is 7.97. The van der Waals surface area contributed by atoms with Gasteiger partial charge in [-0.05, 0) is 74.4 Å². The van der Waals surface area contributed by atoms with E-state index in [1.807, 2.05) is 19.1 Å². The van der Waals surface area contributed by atoms with Gasteiger partial charge >= 0.3 is 0 Å². The van der Waals surface area contributed by atoms with Crippen LogP contribution in [0.15, 0.2) is 46.2 Å². The second kappa shape index (κ2) is 13.1. The summed E-state index contributed by atoms with van der Waals surface area (Å²) in [5.41, 5.74) is 2.40. The second-order valence-corrected chi connectivity index (χ2v) is 10.8. The van der Waals surface area contributed by atoms with Gasteiger partial charge in [0.25, 0.3) is 0 Å². The molecular weight excluding hydrogens is 427 g/mol. The molecule has 28 heavy (non-hydrogen) atoms. The lowest BCUT2D eigenvalue weighted by Gasteiger charge is -2.11. The summed E-state index contributed by atoms with van der Waals surface area (Å²) in [5.74, 6) is 1.49. The average molecular weight is 458 g/mol. The second-order valence-electron chi connectivity index (χ2n) is 6.96. The van der Waals surface area contributed by atoms with Gasteiger partial charge in [0.05, 0.1) is 0 Å². The fraction of sp³-hybridized carbons (Fsp3) is 0.478. The minimum atomic E-state index is -0.696. The lowest BCUT2D eigenvalue weighted by atomic mass is 10.1.